The number of hydrogen-bond acceptors (Lipinski definition) is 4. The Morgan fingerprint density at radius 3 is 2.74 bits per heavy atom. The SMILES string of the molecule is CCNC(=NCc1coc(-c2ccccc2)n1)NCCCCN1CCCC1. The van der Waals surface area contributed by atoms with Crippen LogP contribution in [0.15, 0.2) is 46.0 Å². The number of oxazole rings is 1. The summed E-state index contributed by atoms with van der Waals surface area (Å²) in [6.45, 7) is 8.13. The van der Waals surface area contributed by atoms with E-state index in [1.165, 1.54) is 38.9 Å². The van der Waals surface area contributed by atoms with Gasteiger partial charge in [-0.3, -0.25) is 0 Å². The summed E-state index contributed by atoms with van der Waals surface area (Å²) < 4.78 is 5.58. The summed E-state index contributed by atoms with van der Waals surface area (Å²) in [4.78, 5) is 11.7. The van der Waals surface area contributed by atoms with Crippen molar-refractivity contribution in [3.63, 3.8) is 0 Å². The fourth-order valence-corrected chi connectivity index (χ4v) is 3.27. The van der Waals surface area contributed by atoms with Crippen LogP contribution in [0, 0.1) is 0 Å². The minimum Gasteiger partial charge on any atom is -0.444 e. The summed E-state index contributed by atoms with van der Waals surface area (Å²) in [7, 11) is 0. The standard InChI is InChI=1S/C21H31N5O/c1-2-22-21(23-12-6-7-13-26-14-8-9-15-26)24-16-19-17-27-20(25-19)18-10-4-3-5-11-18/h3-5,10-11,17H,2,6-9,12-16H2,1H3,(H2,22,23,24). The number of rotatable bonds is 9. The summed E-state index contributed by atoms with van der Waals surface area (Å²) in [6.07, 6.45) is 6.80. The molecule has 1 fully saturated rings. The van der Waals surface area contributed by atoms with Crippen molar-refractivity contribution in [2.75, 3.05) is 32.7 Å². The highest BCUT2D eigenvalue weighted by atomic mass is 16.3. The molecule has 0 unspecified atom stereocenters. The lowest BCUT2D eigenvalue weighted by molar-refractivity contribution is 0.330. The van der Waals surface area contributed by atoms with E-state index in [1.54, 1.807) is 6.26 Å². The van der Waals surface area contributed by atoms with Gasteiger partial charge in [0.1, 0.15) is 12.0 Å². The first-order valence-electron chi connectivity index (χ1n) is 10.1. The van der Waals surface area contributed by atoms with Crippen molar-refractivity contribution in [1.29, 1.82) is 0 Å². The summed E-state index contributed by atoms with van der Waals surface area (Å²) in [6, 6.07) is 9.93. The fraction of sp³-hybridized carbons (Fsp3) is 0.524. The van der Waals surface area contributed by atoms with Crippen LogP contribution in [-0.2, 0) is 6.54 Å². The van der Waals surface area contributed by atoms with E-state index in [0.29, 0.717) is 12.4 Å². The van der Waals surface area contributed by atoms with Crippen LogP contribution in [-0.4, -0.2) is 48.6 Å². The molecule has 0 aliphatic carbocycles. The number of aromatic nitrogens is 1. The van der Waals surface area contributed by atoms with Crippen molar-refractivity contribution in [2.45, 2.75) is 39.2 Å². The highest BCUT2D eigenvalue weighted by Crippen LogP contribution is 2.18. The van der Waals surface area contributed by atoms with E-state index in [1.807, 2.05) is 30.3 Å². The predicted molar refractivity (Wildman–Crippen MR) is 110 cm³/mol. The van der Waals surface area contributed by atoms with Crippen molar-refractivity contribution >= 4 is 5.96 Å². The van der Waals surface area contributed by atoms with Crippen LogP contribution in [0.2, 0.25) is 0 Å². The van der Waals surface area contributed by atoms with Crippen LogP contribution in [0.1, 0.15) is 38.3 Å². The molecule has 2 heterocycles. The van der Waals surface area contributed by atoms with E-state index in [9.17, 15) is 0 Å². The first-order chi connectivity index (χ1) is 13.3. The molecule has 3 rings (SSSR count). The molecule has 0 radical (unpaired) electrons. The lowest BCUT2D eigenvalue weighted by Crippen LogP contribution is -2.38. The molecule has 0 saturated carbocycles. The summed E-state index contributed by atoms with van der Waals surface area (Å²) in [5.41, 5.74) is 1.82. The number of benzene rings is 1. The van der Waals surface area contributed by atoms with Gasteiger partial charge < -0.3 is 20.0 Å². The minimum atomic E-state index is 0.499. The Morgan fingerprint density at radius 1 is 1.15 bits per heavy atom. The van der Waals surface area contributed by atoms with Gasteiger partial charge in [0.2, 0.25) is 5.89 Å². The van der Waals surface area contributed by atoms with Crippen LogP contribution in [0.5, 0.6) is 0 Å². The van der Waals surface area contributed by atoms with E-state index in [4.69, 9.17) is 4.42 Å². The average Bonchev–Trinajstić information content (AvgIpc) is 3.38. The zero-order valence-corrected chi connectivity index (χ0v) is 16.3. The molecule has 0 atom stereocenters. The number of nitrogens with one attached hydrogen (secondary N) is 2. The highest BCUT2D eigenvalue weighted by molar-refractivity contribution is 5.79. The van der Waals surface area contributed by atoms with Crippen molar-refractivity contribution in [2.24, 2.45) is 4.99 Å². The first kappa shape index (κ1) is 19.4. The van der Waals surface area contributed by atoms with E-state index in [2.05, 4.69) is 32.4 Å². The van der Waals surface area contributed by atoms with E-state index in [0.717, 1.165) is 36.7 Å². The molecule has 27 heavy (non-hydrogen) atoms. The van der Waals surface area contributed by atoms with Gasteiger partial charge in [0.05, 0.1) is 6.54 Å². The molecule has 6 nitrogen and oxygen atoms in total. The third-order valence-corrected chi connectivity index (χ3v) is 4.71. The lowest BCUT2D eigenvalue weighted by atomic mass is 10.2. The van der Waals surface area contributed by atoms with Gasteiger partial charge in [-0.05, 0) is 64.4 Å². The van der Waals surface area contributed by atoms with Crippen LogP contribution in [0.4, 0.5) is 0 Å². The van der Waals surface area contributed by atoms with Gasteiger partial charge in [-0.25, -0.2) is 9.98 Å². The van der Waals surface area contributed by atoms with Crippen molar-refractivity contribution in [1.82, 2.24) is 20.5 Å². The highest BCUT2D eigenvalue weighted by Gasteiger charge is 2.10. The molecule has 146 valence electrons. The number of nitrogens with zero attached hydrogens (tertiary/aromatic N) is 3. The Hall–Kier alpha value is -2.34. The van der Waals surface area contributed by atoms with Gasteiger partial charge >= 0.3 is 0 Å². The Morgan fingerprint density at radius 2 is 1.96 bits per heavy atom. The minimum absolute atomic E-state index is 0.499. The van der Waals surface area contributed by atoms with E-state index in [-0.39, 0.29) is 0 Å². The molecule has 0 amide bonds. The number of likely N-dealkylation sites (tertiary alicyclic amines) is 1. The molecule has 1 aliphatic heterocycles. The number of hydrogen-bond donors (Lipinski definition) is 2. The van der Waals surface area contributed by atoms with Gasteiger partial charge in [0.15, 0.2) is 5.96 Å². The van der Waals surface area contributed by atoms with Crippen molar-refractivity contribution < 1.29 is 4.42 Å². The van der Waals surface area contributed by atoms with Crippen LogP contribution >= 0.6 is 0 Å². The van der Waals surface area contributed by atoms with E-state index < -0.39 is 0 Å². The maximum absolute atomic E-state index is 5.58. The van der Waals surface area contributed by atoms with Gasteiger partial charge in [-0.2, -0.15) is 0 Å². The molecule has 6 heteroatoms. The maximum Gasteiger partial charge on any atom is 0.226 e. The third-order valence-electron chi connectivity index (χ3n) is 4.71. The largest absolute Gasteiger partial charge is 0.444 e. The van der Waals surface area contributed by atoms with Gasteiger partial charge in [-0.1, -0.05) is 18.2 Å². The second-order valence-electron chi connectivity index (χ2n) is 6.89. The summed E-state index contributed by atoms with van der Waals surface area (Å²) in [5.74, 6) is 1.48. The number of guanidine groups is 1. The molecule has 0 bridgehead atoms. The Labute approximate surface area is 162 Å². The zero-order valence-electron chi connectivity index (χ0n) is 16.3. The molecule has 1 saturated heterocycles. The summed E-state index contributed by atoms with van der Waals surface area (Å²) in [5, 5.41) is 6.71. The summed E-state index contributed by atoms with van der Waals surface area (Å²) >= 11 is 0. The smallest absolute Gasteiger partial charge is 0.226 e. The second-order valence-corrected chi connectivity index (χ2v) is 6.89. The second kappa shape index (κ2) is 10.7. The van der Waals surface area contributed by atoms with Gasteiger partial charge in [-0.15, -0.1) is 0 Å². The third kappa shape index (κ3) is 6.40. The molecule has 2 N–H and O–H groups in total. The number of unbranched alkanes of at least 4 members (excludes halogenated alkanes) is 1. The van der Waals surface area contributed by atoms with E-state index >= 15 is 0 Å². The Balaban J connectivity index is 1.43. The molecule has 1 aromatic carbocycles. The monoisotopic (exact) mass is 369 g/mol. The zero-order chi connectivity index (χ0) is 18.7. The molecule has 0 spiro atoms. The van der Waals surface area contributed by atoms with Crippen LogP contribution in [0.3, 0.4) is 0 Å². The quantitative estimate of drug-likeness (QED) is 0.403. The average molecular weight is 370 g/mol. The van der Waals surface area contributed by atoms with Crippen LogP contribution < -0.4 is 10.6 Å². The first-order valence-corrected chi connectivity index (χ1v) is 10.1. The van der Waals surface area contributed by atoms with Gasteiger partial charge in [0, 0.05) is 18.7 Å². The molecular formula is C21H31N5O. The van der Waals surface area contributed by atoms with Crippen molar-refractivity contribution in [3.05, 3.63) is 42.3 Å². The fourth-order valence-electron chi connectivity index (χ4n) is 3.27. The molecule has 1 aromatic heterocycles. The Kier molecular flexibility index (Phi) is 7.71. The lowest BCUT2D eigenvalue weighted by Gasteiger charge is -2.15. The maximum atomic E-state index is 5.58. The number of aliphatic imine (C=N–C) groups is 1. The predicted octanol–water partition coefficient (Wildman–Crippen LogP) is 3.27. The van der Waals surface area contributed by atoms with Gasteiger partial charge in [0.25, 0.3) is 0 Å². The topological polar surface area (TPSA) is 65.7 Å². The normalized spacial score (nSPS) is 15.2. The molecular weight excluding hydrogens is 338 g/mol. The van der Waals surface area contributed by atoms with Crippen molar-refractivity contribution in [3.8, 4) is 11.5 Å². The molecule has 2 aromatic rings. The van der Waals surface area contributed by atoms with Crippen LogP contribution in [0.25, 0.3) is 11.5 Å². The molecule has 1 aliphatic rings. The Bertz CT molecular complexity index is 692.